The highest BCUT2D eigenvalue weighted by Crippen LogP contribution is 2.25. The molecule has 0 aliphatic rings. The molecule has 1 unspecified atom stereocenters. The van der Waals surface area contributed by atoms with E-state index >= 15 is 0 Å². The molecule has 3 nitrogen and oxygen atoms in total. The van der Waals surface area contributed by atoms with Gasteiger partial charge in [-0.2, -0.15) is 0 Å². The van der Waals surface area contributed by atoms with Gasteiger partial charge in [-0.3, -0.25) is 0 Å². The maximum Gasteiger partial charge on any atom is 0.0632 e. The lowest BCUT2D eigenvalue weighted by Gasteiger charge is -2.28. The fraction of sp³-hybridized carbons (Fsp3) is 0.571. The number of nitrogens with one attached hydrogen (secondary N) is 1. The molecule has 1 aromatic rings. The number of aliphatic hydroxyl groups is 1. The van der Waals surface area contributed by atoms with E-state index in [0.29, 0.717) is 0 Å². The van der Waals surface area contributed by atoms with Gasteiger partial charge in [0.25, 0.3) is 0 Å². The summed E-state index contributed by atoms with van der Waals surface area (Å²) in [7, 11) is 2.02. The molecule has 0 bridgehead atoms. The first-order valence-corrected chi connectivity index (χ1v) is 7.22. The van der Waals surface area contributed by atoms with E-state index in [2.05, 4.69) is 45.2 Å². The number of anilines is 1. The Labute approximate surface area is 118 Å². The largest absolute Gasteiger partial charge is 0.394 e. The molecule has 1 rings (SSSR count). The number of nitrogens with zero attached hydrogens (tertiary/aromatic N) is 1. The van der Waals surface area contributed by atoms with Crippen molar-refractivity contribution in [2.45, 2.75) is 32.9 Å². The van der Waals surface area contributed by atoms with Crippen molar-refractivity contribution < 1.29 is 5.11 Å². The molecular formula is C14H23BrN2O. The van der Waals surface area contributed by atoms with E-state index < -0.39 is 0 Å². The first kappa shape index (κ1) is 15.5. The van der Waals surface area contributed by atoms with Crippen LogP contribution in [0.1, 0.15) is 25.8 Å². The average molecular weight is 315 g/mol. The van der Waals surface area contributed by atoms with Crippen molar-refractivity contribution in [3.63, 3.8) is 0 Å². The molecule has 102 valence electrons. The van der Waals surface area contributed by atoms with E-state index in [9.17, 15) is 5.11 Å². The van der Waals surface area contributed by atoms with E-state index in [1.165, 1.54) is 11.3 Å². The Morgan fingerprint density at radius 1 is 1.44 bits per heavy atom. The fourth-order valence-corrected chi connectivity index (χ4v) is 2.21. The lowest BCUT2D eigenvalue weighted by atomic mass is 10.1. The molecule has 0 aromatic heterocycles. The van der Waals surface area contributed by atoms with Gasteiger partial charge in [0.15, 0.2) is 0 Å². The molecule has 0 fully saturated rings. The summed E-state index contributed by atoms with van der Waals surface area (Å²) in [4.78, 5) is 2.12. The smallest absolute Gasteiger partial charge is 0.0632 e. The molecular weight excluding hydrogens is 292 g/mol. The van der Waals surface area contributed by atoms with Gasteiger partial charge < -0.3 is 15.3 Å². The minimum atomic E-state index is 0.121. The molecule has 0 heterocycles. The Hall–Kier alpha value is -0.580. The van der Waals surface area contributed by atoms with Gasteiger partial charge in [-0.05, 0) is 43.7 Å². The van der Waals surface area contributed by atoms with Crippen LogP contribution in [0.3, 0.4) is 0 Å². The number of rotatable bonds is 7. The second-order valence-electron chi connectivity index (χ2n) is 4.59. The molecule has 0 spiro atoms. The summed E-state index contributed by atoms with van der Waals surface area (Å²) in [6.45, 7) is 6.21. The van der Waals surface area contributed by atoms with E-state index in [1.807, 2.05) is 20.0 Å². The Kier molecular flexibility index (Phi) is 6.68. The van der Waals surface area contributed by atoms with Crippen LogP contribution in [-0.4, -0.2) is 31.3 Å². The summed E-state index contributed by atoms with van der Waals surface area (Å²) in [5, 5.41) is 12.7. The lowest BCUT2D eigenvalue weighted by molar-refractivity contribution is 0.270. The predicted molar refractivity (Wildman–Crippen MR) is 81.1 cm³/mol. The number of aliphatic hydroxyl groups excluding tert-OH is 1. The standard InChI is InChI=1S/C14H23BrN2O/c1-4-7-16-9-12-8-13(15)5-6-14(12)17(3)11(2)10-18/h5-6,8,11,16,18H,4,7,9-10H2,1-3H3. The fourth-order valence-electron chi connectivity index (χ4n) is 1.80. The lowest BCUT2D eigenvalue weighted by Crippen LogP contribution is -2.33. The molecule has 0 amide bonds. The highest BCUT2D eigenvalue weighted by Gasteiger charge is 2.12. The molecule has 18 heavy (non-hydrogen) atoms. The molecule has 2 N–H and O–H groups in total. The second-order valence-corrected chi connectivity index (χ2v) is 5.51. The molecule has 1 aromatic carbocycles. The van der Waals surface area contributed by atoms with Gasteiger partial charge in [-0.15, -0.1) is 0 Å². The SMILES string of the molecule is CCCNCc1cc(Br)ccc1N(C)C(C)CO. The van der Waals surface area contributed by atoms with Crippen LogP contribution in [0.15, 0.2) is 22.7 Å². The van der Waals surface area contributed by atoms with Gasteiger partial charge in [0.05, 0.1) is 6.61 Å². The van der Waals surface area contributed by atoms with Gasteiger partial charge in [-0.25, -0.2) is 0 Å². The van der Waals surface area contributed by atoms with Crippen LogP contribution in [-0.2, 0) is 6.54 Å². The van der Waals surface area contributed by atoms with E-state index in [4.69, 9.17) is 0 Å². The minimum Gasteiger partial charge on any atom is -0.394 e. The van der Waals surface area contributed by atoms with E-state index in [1.54, 1.807) is 0 Å². The van der Waals surface area contributed by atoms with Crippen LogP contribution < -0.4 is 10.2 Å². The van der Waals surface area contributed by atoms with E-state index in [-0.39, 0.29) is 12.6 Å². The molecule has 0 radical (unpaired) electrons. The van der Waals surface area contributed by atoms with Gasteiger partial charge in [-0.1, -0.05) is 22.9 Å². The second kappa shape index (κ2) is 7.77. The molecule has 4 heteroatoms. The van der Waals surface area contributed by atoms with Crippen LogP contribution in [0.25, 0.3) is 0 Å². The minimum absolute atomic E-state index is 0.121. The first-order chi connectivity index (χ1) is 8.60. The quantitative estimate of drug-likeness (QED) is 0.760. The molecule has 0 saturated carbocycles. The number of halogens is 1. The normalized spacial score (nSPS) is 12.5. The third kappa shape index (κ3) is 4.26. The maximum absolute atomic E-state index is 9.26. The Morgan fingerprint density at radius 2 is 2.17 bits per heavy atom. The van der Waals surface area contributed by atoms with Crippen molar-refractivity contribution in [2.24, 2.45) is 0 Å². The van der Waals surface area contributed by atoms with Crippen LogP contribution in [0, 0.1) is 0 Å². The monoisotopic (exact) mass is 314 g/mol. The summed E-state index contributed by atoms with van der Waals surface area (Å²) in [6.07, 6.45) is 1.13. The van der Waals surface area contributed by atoms with Gasteiger partial charge in [0, 0.05) is 29.8 Å². The number of hydrogen-bond acceptors (Lipinski definition) is 3. The van der Waals surface area contributed by atoms with Crippen molar-refractivity contribution >= 4 is 21.6 Å². The van der Waals surface area contributed by atoms with Crippen molar-refractivity contribution in [1.29, 1.82) is 0 Å². The Balaban J connectivity index is 2.88. The third-order valence-electron chi connectivity index (χ3n) is 3.09. The highest BCUT2D eigenvalue weighted by molar-refractivity contribution is 9.10. The van der Waals surface area contributed by atoms with Crippen LogP contribution in [0.4, 0.5) is 5.69 Å². The zero-order chi connectivity index (χ0) is 13.5. The highest BCUT2D eigenvalue weighted by atomic mass is 79.9. The van der Waals surface area contributed by atoms with Gasteiger partial charge in [0.2, 0.25) is 0 Å². The molecule has 0 aliphatic heterocycles. The van der Waals surface area contributed by atoms with Crippen LogP contribution in [0.5, 0.6) is 0 Å². The Bertz CT molecular complexity index is 371. The number of likely N-dealkylation sites (N-methyl/N-ethyl adjacent to an activating group) is 1. The van der Waals surface area contributed by atoms with Crippen molar-refractivity contribution in [3.05, 3.63) is 28.2 Å². The number of hydrogen-bond donors (Lipinski definition) is 2. The molecule has 0 saturated heterocycles. The zero-order valence-electron chi connectivity index (χ0n) is 11.4. The Morgan fingerprint density at radius 3 is 2.78 bits per heavy atom. The van der Waals surface area contributed by atoms with Crippen molar-refractivity contribution in [1.82, 2.24) is 5.32 Å². The third-order valence-corrected chi connectivity index (χ3v) is 3.58. The molecule has 0 aliphatic carbocycles. The summed E-state index contributed by atoms with van der Waals surface area (Å²) in [5.74, 6) is 0. The average Bonchev–Trinajstić information content (AvgIpc) is 2.37. The number of benzene rings is 1. The van der Waals surface area contributed by atoms with Crippen molar-refractivity contribution in [3.8, 4) is 0 Å². The van der Waals surface area contributed by atoms with Crippen LogP contribution in [0.2, 0.25) is 0 Å². The summed E-state index contributed by atoms with van der Waals surface area (Å²) in [5.41, 5.74) is 2.42. The summed E-state index contributed by atoms with van der Waals surface area (Å²) >= 11 is 3.51. The van der Waals surface area contributed by atoms with E-state index in [0.717, 1.165) is 24.0 Å². The zero-order valence-corrected chi connectivity index (χ0v) is 13.0. The summed E-state index contributed by atoms with van der Waals surface area (Å²) < 4.78 is 1.09. The van der Waals surface area contributed by atoms with Gasteiger partial charge >= 0.3 is 0 Å². The van der Waals surface area contributed by atoms with Crippen molar-refractivity contribution in [2.75, 3.05) is 25.1 Å². The molecule has 1 atom stereocenters. The van der Waals surface area contributed by atoms with Crippen LogP contribution >= 0.6 is 15.9 Å². The summed E-state index contributed by atoms with van der Waals surface area (Å²) in [6, 6.07) is 6.40. The maximum atomic E-state index is 9.26. The van der Waals surface area contributed by atoms with Gasteiger partial charge in [0.1, 0.15) is 0 Å². The topological polar surface area (TPSA) is 35.5 Å². The predicted octanol–water partition coefficient (Wildman–Crippen LogP) is 2.77. The first-order valence-electron chi connectivity index (χ1n) is 6.43.